The Morgan fingerprint density at radius 1 is 0.203 bits per heavy atom. The van der Waals surface area contributed by atoms with Gasteiger partial charge in [-0.05, 0) is 114 Å². The molecular weight excluding hydrogens is 899 g/mol. The molecule has 0 bridgehead atoms. The monoisotopic (exact) mass is 941 g/mol. The summed E-state index contributed by atoms with van der Waals surface area (Å²) in [5.41, 5.74) is 14.2. The first-order valence-electron chi connectivity index (χ1n) is 25.2. The Hall–Kier alpha value is -9.97. The normalized spacial score (nSPS) is 11.8. The Bertz CT molecular complexity index is 4650. The third-order valence-electron chi connectivity index (χ3n) is 15.0. The highest BCUT2D eigenvalue weighted by Gasteiger charge is 2.22. The van der Waals surface area contributed by atoms with E-state index in [9.17, 15) is 0 Å². The number of aromatic nitrogens is 5. The summed E-state index contributed by atoms with van der Waals surface area (Å²) in [5, 5.41) is 12.3. The molecule has 0 saturated carbocycles. The number of para-hydroxylation sites is 2. The van der Waals surface area contributed by atoms with Gasteiger partial charge in [0.1, 0.15) is 0 Å². The maximum Gasteiger partial charge on any atom is 0.238 e. The summed E-state index contributed by atoms with van der Waals surface area (Å²) in [6.07, 6.45) is 0. The van der Waals surface area contributed by atoms with E-state index in [-0.39, 0.29) is 0 Å². The quantitative estimate of drug-likeness (QED) is 0.150. The van der Waals surface area contributed by atoms with E-state index in [2.05, 4.69) is 252 Å². The van der Waals surface area contributed by atoms with Gasteiger partial charge in [-0.2, -0.15) is 9.97 Å². The van der Waals surface area contributed by atoms with Crippen molar-refractivity contribution in [3.8, 4) is 67.8 Å². The fourth-order valence-electron chi connectivity index (χ4n) is 11.4. The van der Waals surface area contributed by atoms with Crippen molar-refractivity contribution in [2.75, 3.05) is 0 Å². The Balaban J connectivity index is 0.877. The van der Waals surface area contributed by atoms with Crippen LogP contribution in [-0.4, -0.2) is 24.1 Å². The molecule has 5 nitrogen and oxygen atoms in total. The van der Waals surface area contributed by atoms with Crippen LogP contribution in [-0.2, 0) is 0 Å². The molecule has 0 spiro atoms. The second-order valence-corrected chi connectivity index (χ2v) is 19.2. The Morgan fingerprint density at radius 3 is 1.19 bits per heavy atom. The maximum absolute atomic E-state index is 5.35. The topological polar surface area (TPSA) is 48.5 Å². The van der Waals surface area contributed by atoms with Gasteiger partial charge in [-0.1, -0.05) is 212 Å². The average molecular weight is 942 g/mol. The Morgan fingerprint density at radius 2 is 0.595 bits per heavy atom. The van der Waals surface area contributed by atoms with Crippen LogP contribution in [0, 0.1) is 0 Å². The Kier molecular flexibility index (Phi) is 9.50. The maximum atomic E-state index is 5.35. The third-order valence-corrected chi connectivity index (χ3v) is 15.0. The molecule has 15 aromatic rings. The Labute approximate surface area is 426 Å². The van der Waals surface area contributed by atoms with Gasteiger partial charge < -0.3 is 4.57 Å². The number of nitrogens with zero attached hydrogens (tertiary/aromatic N) is 5. The van der Waals surface area contributed by atoms with Crippen LogP contribution >= 0.6 is 0 Å². The van der Waals surface area contributed by atoms with E-state index < -0.39 is 0 Å². The molecule has 0 N–H and O–H groups in total. The van der Waals surface area contributed by atoms with Gasteiger partial charge in [-0.15, -0.1) is 0 Å². The molecule has 12 aromatic carbocycles. The number of fused-ring (bicyclic) bond motifs is 12. The van der Waals surface area contributed by atoms with Crippen molar-refractivity contribution < 1.29 is 0 Å². The van der Waals surface area contributed by atoms with Crippen molar-refractivity contribution in [3.63, 3.8) is 0 Å². The van der Waals surface area contributed by atoms with Crippen LogP contribution in [0.15, 0.2) is 261 Å². The highest BCUT2D eigenvalue weighted by Crippen LogP contribution is 2.41. The van der Waals surface area contributed by atoms with Crippen molar-refractivity contribution >= 4 is 75.9 Å². The second kappa shape index (κ2) is 16.8. The number of hydrogen-bond acceptors (Lipinski definition) is 3. The van der Waals surface area contributed by atoms with Crippen molar-refractivity contribution in [1.29, 1.82) is 0 Å². The molecule has 0 atom stereocenters. The van der Waals surface area contributed by atoms with Gasteiger partial charge in [-0.3, -0.25) is 4.57 Å². The van der Waals surface area contributed by atoms with Crippen LogP contribution in [0.25, 0.3) is 144 Å². The van der Waals surface area contributed by atoms with E-state index in [0.29, 0.717) is 17.6 Å². The van der Waals surface area contributed by atoms with Gasteiger partial charge >= 0.3 is 0 Å². The third kappa shape index (κ3) is 6.75. The molecule has 3 aromatic heterocycles. The summed E-state index contributed by atoms with van der Waals surface area (Å²) in [6, 6.07) is 93.6. The first kappa shape index (κ1) is 41.8. The van der Waals surface area contributed by atoms with E-state index in [1.807, 2.05) is 18.2 Å². The minimum atomic E-state index is 0.558. The smallest absolute Gasteiger partial charge is 0.238 e. The van der Waals surface area contributed by atoms with Crippen molar-refractivity contribution in [2.24, 2.45) is 0 Å². The fourth-order valence-corrected chi connectivity index (χ4v) is 11.4. The molecule has 0 aliphatic carbocycles. The predicted octanol–water partition coefficient (Wildman–Crippen LogP) is 17.9. The van der Waals surface area contributed by atoms with Crippen molar-refractivity contribution in [2.45, 2.75) is 0 Å². The lowest BCUT2D eigenvalue weighted by molar-refractivity contribution is 0.953. The summed E-state index contributed by atoms with van der Waals surface area (Å²) in [7, 11) is 0. The van der Waals surface area contributed by atoms with Gasteiger partial charge in [-0.25, -0.2) is 4.98 Å². The zero-order valence-corrected chi connectivity index (χ0v) is 40.1. The van der Waals surface area contributed by atoms with Crippen LogP contribution in [0.4, 0.5) is 0 Å². The standard InChI is InChI=1S/C69H43N5/c1-3-16-44(17-4-1)49-20-15-21-50(40-49)45-30-32-48(33-31-45)68-70-67(47-18-5-2-6-19-47)71-69(72-68)74-64-29-14-12-27-59(64)62-42-61-58-26-11-13-28-63(58)73(65(61)43-66(62)74)52-37-34-46(35-38-52)51-36-39-57-55-24-8-7-22-53(55)54-23-9-10-25-56(54)60(57)41-51/h1-43H. The lowest BCUT2D eigenvalue weighted by atomic mass is 9.92. The van der Waals surface area contributed by atoms with E-state index >= 15 is 0 Å². The highest BCUT2D eigenvalue weighted by molar-refractivity contribution is 6.26. The summed E-state index contributed by atoms with van der Waals surface area (Å²) in [6.45, 7) is 0. The van der Waals surface area contributed by atoms with Gasteiger partial charge in [0, 0.05) is 38.4 Å². The zero-order valence-electron chi connectivity index (χ0n) is 40.1. The van der Waals surface area contributed by atoms with Crippen LogP contribution in [0.2, 0.25) is 0 Å². The number of hydrogen-bond donors (Lipinski definition) is 0. The van der Waals surface area contributed by atoms with Crippen molar-refractivity contribution in [3.05, 3.63) is 261 Å². The molecular formula is C69H43N5. The lowest BCUT2D eigenvalue weighted by Crippen LogP contribution is -2.06. The number of benzene rings is 12. The molecule has 0 amide bonds. The molecule has 0 radical (unpaired) electrons. The molecule has 0 fully saturated rings. The molecule has 3 heterocycles. The largest absolute Gasteiger partial charge is 0.309 e. The van der Waals surface area contributed by atoms with Gasteiger partial charge in [0.25, 0.3) is 0 Å². The molecule has 15 rings (SSSR count). The molecule has 5 heteroatoms. The van der Waals surface area contributed by atoms with E-state index in [1.54, 1.807) is 0 Å². The average Bonchev–Trinajstić information content (AvgIpc) is 4.01. The molecule has 344 valence electrons. The van der Waals surface area contributed by atoms with Gasteiger partial charge in [0.05, 0.1) is 22.1 Å². The first-order chi connectivity index (χ1) is 36.7. The SMILES string of the molecule is c1ccc(-c2cccc(-c3ccc(-c4nc(-c5ccccc5)nc(-n5c6ccccc6c6cc7c8ccccc8n(-c8ccc(-c9ccc%10c%11ccccc%11c%11ccccc%11c%10c9)cc8)c7cc65)n4)cc3)c2)cc1. The fraction of sp³-hybridized carbons (Fsp3) is 0. The minimum Gasteiger partial charge on any atom is -0.309 e. The molecule has 0 unspecified atom stereocenters. The number of rotatable bonds is 7. The predicted molar refractivity (Wildman–Crippen MR) is 308 cm³/mol. The lowest BCUT2D eigenvalue weighted by Gasteiger charge is -2.13. The van der Waals surface area contributed by atoms with Crippen LogP contribution in [0.3, 0.4) is 0 Å². The summed E-state index contributed by atoms with van der Waals surface area (Å²) in [4.78, 5) is 15.8. The van der Waals surface area contributed by atoms with Crippen LogP contribution in [0.1, 0.15) is 0 Å². The van der Waals surface area contributed by atoms with E-state index in [1.165, 1.54) is 65.3 Å². The molecule has 0 aliphatic heterocycles. The molecule has 74 heavy (non-hydrogen) atoms. The van der Waals surface area contributed by atoms with Crippen molar-refractivity contribution in [1.82, 2.24) is 24.1 Å². The summed E-state index contributed by atoms with van der Waals surface area (Å²) in [5.74, 6) is 1.77. The summed E-state index contributed by atoms with van der Waals surface area (Å²) < 4.78 is 4.63. The van der Waals surface area contributed by atoms with Crippen LogP contribution < -0.4 is 0 Å². The summed E-state index contributed by atoms with van der Waals surface area (Å²) >= 11 is 0. The molecule has 0 saturated heterocycles. The van der Waals surface area contributed by atoms with E-state index in [4.69, 9.17) is 15.0 Å². The van der Waals surface area contributed by atoms with Gasteiger partial charge in [0.15, 0.2) is 11.6 Å². The first-order valence-corrected chi connectivity index (χ1v) is 25.2. The minimum absolute atomic E-state index is 0.558. The second-order valence-electron chi connectivity index (χ2n) is 19.2. The highest BCUT2D eigenvalue weighted by atomic mass is 15.2. The zero-order chi connectivity index (χ0) is 48.7. The van der Waals surface area contributed by atoms with Gasteiger partial charge in [0.2, 0.25) is 5.95 Å². The molecule has 0 aliphatic rings. The van der Waals surface area contributed by atoms with E-state index in [0.717, 1.165) is 60.8 Å². The van der Waals surface area contributed by atoms with Crippen LogP contribution in [0.5, 0.6) is 0 Å².